The number of carbonyl (C=O) groups is 1. The van der Waals surface area contributed by atoms with Gasteiger partial charge in [-0.15, -0.1) is 0 Å². The number of aliphatic imine (C=N–C) groups is 1. The second-order valence-corrected chi connectivity index (χ2v) is 6.03. The van der Waals surface area contributed by atoms with Crippen LogP contribution in [0, 0.1) is 5.92 Å². The van der Waals surface area contributed by atoms with Crippen molar-refractivity contribution in [3.05, 3.63) is 28.8 Å². The van der Waals surface area contributed by atoms with E-state index in [1.54, 1.807) is 7.11 Å². The molecule has 2 rings (SSSR count). The smallest absolute Gasteiger partial charge is 0.341 e. The summed E-state index contributed by atoms with van der Waals surface area (Å²) < 4.78 is 15.7. The molecule has 0 aromatic heterocycles. The fourth-order valence-electron chi connectivity index (χ4n) is 2.57. The molecule has 1 heterocycles. The van der Waals surface area contributed by atoms with Gasteiger partial charge in [-0.1, -0.05) is 13.8 Å². The maximum atomic E-state index is 12.0. The lowest BCUT2D eigenvalue weighted by atomic mass is 9.90. The van der Waals surface area contributed by atoms with Crippen LogP contribution in [0.25, 0.3) is 0 Å². The largest absolute Gasteiger partial charge is 0.493 e. The molecule has 0 bridgehead atoms. The first kappa shape index (κ1) is 17.5. The molecule has 5 heteroatoms. The Balaban J connectivity index is 2.26. The van der Waals surface area contributed by atoms with Crippen LogP contribution in [-0.2, 0) is 15.9 Å². The average molecular weight is 319 g/mol. The van der Waals surface area contributed by atoms with E-state index < -0.39 is 5.97 Å². The molecule has 1 aliphatic rings. The number of hydrogen-bond acceptors (Lipinski definition) is 5. The number of ether oxygens (including phenoxy) is 3. The maximum Gasteiger partial charge on any atom is 0.341 e. The number of carbonyl (C=O) groups excluding carboxylic acids is 1. The highest BCUT2D eigenvalue weighted by Gasteiger charge is 2.22. The topological polar surface area (TPSA) is 57.1 Å². The summed E-state index contributed by atoms with van der Waals surface area (Å²) in [5, 5.41) is 0. The van der Waals surface area contributed by atoms with Crippen molar-refractivity contribution in [2.24, 2.45) is 10.9 Å². The summed E-state index contributed by atoms with van der Waals surface area (Å²) in [4.78, 5) is 16.6. The van der Waals surface area contributed by atoms with E-state index in [0.29, 0.717) is 30.4 Å². The Kier molecular flexibility index (Phi) is 6.16. The van der Waals surface area contributed by atoms with Crippen molar-refractivity contribution in [2.75, 3.05) is 27.4 Å². The zero-order valence-electron chi connectivity index (χ0n) is 14.3. The van der Waals surface area contributed by atoms with E-state index in [2.05, 4.69) is 18.8 Å². The number of fused-ring (bicyclic) bond motifs is 1. The molecule has 0 amide bonds. The monoisotopic (exact) mass is 319 g/mol. The molecular weight excluding hydrogens is 294 g/mol. The summed E-state index contributed by atoms with van der Waals surface area (Å²) >= 11 is 0. The van der Waals surface area contributed by atoms with Gasteiger partial charge in [-0.05, 0) is 35.6 Å². The van der Waals surface area contributed by atoms with Gasteiger partial charge in [-0.2, -0.15) is 0 Å². The van der Waals surface area contributed by atoms with Crippen molar-refractivity contribution in [1.29, 1.82) is 0 Å². The zero-order valence-corrected chi connectivity index (χ0v) is 14.3. The fraction of sp³-hybridized carbons (Fsp3) is 0.556. The van der Waals surface area contributed by atoms with E-state index in [4.69, 9.17) is 14.2 Å². The van der Waals surface area contributed by atoms with Gasteiger partial charge in [0.05, 0.1) is 19.8 Å². The molecule has 1 aromatic carbocycles. The van der Waals surface area contributed by atoms with Crippen LogP contribution < -0.4 is 4.74 Å². The molecule has 1 atom stereocenters. The second-order valence-electron chi connectivity index (χ2n) is 6.03. The van der Waals surface area contributed by atoms with Crippen LogP contribution >= 0.6 is 0 Å². The normalized spacial score (nSPS) is 16.3. The van der Waals surface area contributed by atoms with E-state index in [1.807, 2.05) is 18.3 Å². The van der Waals surface area contributed by atoms with Gasteiger partial charge in [0.1, 0.15) is 11.3 Å². The van der Waals surface area contributed by atoms with Crippen LogP contribution in [0.5, 0.6) is 5.75 Å². The summed E-state index contributed by atoms with van der Waals surface area (Å²) in [6.07, 6.45) is 3.48. The Morgan fingerprint density at radius 3 is 2.74 bits per heavy atom. The van der Waals surface area contributed by atoms with Gasteiger partial charge in [-0.3, -0.25) is 4.99 Å². The first-order valence-corrected chi connectivity index (χ1v) is 7.97. The standard InChI is InChI=1S/C18H25NO4/c1-12(2)16-9-13-10-17(23-7-5-6-21-3)15(18(20)22-4)8-14(13)11-19-16/h8,10-12,16H,5-7,9H2,1-4H3. The Hall–Kier alpha value is -1.88. The Morgan fingerprint density at radius 2 is 2.09 bits per heavy atom. The van der Waals surface area contributed by atoms with Crippen LogP contribution in [0.3, 0.4) is 0 Å². The van der Waals surface area contributed by atoms with Crippen LogP contribution in [-0.4, -0.2) is 45.7 Å². The summed E-state index contributed by atoms with van der Waals surface area (Å²) in [7, 11) is 3.03. The predicted octanol–water partition coefficient (Wildman–Crippen LogP) is 2.89. The van der Waals surface area contributed by atoms with E-state index >= 15 is 0 Å². The molecule has 0 radical (unpaired) electrons. The summed E-state index contributed by atoms with van der Waals surface area (Å²) in [5.41, 5.74) is 2.57. The van der Waals surface area contributed by atoms with E-state index in [-0.39, 0.29) is 6.04 Å². The Morgan fingerprint density at radius 1 is 1.30 bits per heavy atom. The number of esters is 1. The molecule has 1 unspecified atom stereocenters. The molecule has 1 aromatic rings. The third-order valence-corrected chi connectivity index (χ3v) is 4.00. The second kappa shape index (κ2) is 8.11. The van der Waals surface area contributed by atoms with E-state index in [0.717, 1.165) is 24.0 Å². The van der Waals surface area contributed by atoms with Gasteiger partial charge >= 0.3 is 5.97 Å². The first-order chi connectivity index (χ1) is 11.1. The molecule has 0 spiro atoms. The number of methoxy groups -OCH3 is 2. The predicted molar refractivity (Wildman–Crippen MR) is 89.7 cm³/mol. The van der Waals surface area contributed by atoms with Crippen molar-refractivity contribution in [3.8, 4) is 5.75 Å². The molecular formula is C18H25NO4. The molecule has 0 aliphatic carbocycles. The van der Waals surface area contributed by atoms with Gasteiger partial charge in [0, 0.05) is 26.4 Å². The number of hydrogen-bond donors (Lipinski definition) is 0. The number of nitrogens with zero attached hydrogens (tertiary/aromatic N) is 1. The summed E-state index contributed by atoms with van der Waals surface area (Å²) in [6.45, 7) is 5.45. The highest BCUT2D eigenvalue weighted by atomic mass is 16.5. The molecule has 0 saturated heterocycles. The van der Waals surface area contributed by atoms with Gasteiger partial charge in [0.15, 0.2) is 0 Å². The minimum atomic E-state index is -0.395. The fourth-order valence-corrected chi connectivity index (χ4v) is 2.57. The number of rotatable bonds is 7. The zero-order chi connectivity index (χ0) is 16.8. The van der Waals surface area contributed by atoms with Gasteiger partial charge in [0.2, 0.25) is 0 Å². The van der Waals surface area contributed by atoms with Crippen LogP contribution in [0.4, 0.5) is 0 Å². The van der Waals surface area contributed by atoms with Gasteiger partial charge < -0.3 is 14.2 Å². The maximum absolute atomic E-state index is 12.0. The van der Waals surface area contributed by atoms with Gasteiger partial charge in [0.25, 0.3) is 0 Å². The molecule has 0 fully saturated rings. The Labute approximate surface area is 137 Å². The average Bonchev–Trinajstić information content (AvgIpc) is 2.56. The lowest BCUT2D eigenvalue weighted by molar-refractivity contribution is 0.0595. The highest BCUT2D eigenvalue weighted by Crippen LogP contribution is 2.29. The van der Waals surface area contributed by atoms with Crippen LogP contribution in [0.15, 0.2) is 17.1 Å². The number of benzene rings is 1. The lowest BCUT2D eigenvalue weighted by Crippen LogP contribution is -2.21. The molecule has 1 aliphatic heterocycles. The minimum Gasteiger partial charge on any atom is -0.493 e. The van der Waals surface area contributed by atoms with Crippen molar-refractivity contribution in [1.82, 2.24) is 0 Å². The molecule has 126 valence electrons. The van der Waals surface area contributed by atoms with Crippen molar-refractivity contribution < 1.29 is 19.0 Å². The van der Waals surface area contributed by atoms with Crippen molar-refractivity contribution >= 4 is 12.2 Å². The molecule has 23 heavy (non-hydrogen) atoms. The quantitative estimate of drug-likeness (QED) is 0.573. The van der Waals surface area contributed by atoms with E-state index in [9.17, 15) is 4.79 Å². The summed E-state index contributed by atoms with van der Waals surface area (Å²) in [5.74, 6) is 0.657. The first-order valence-electron chi connectivity index (χ1n) is 7.97. The third kappa shape index (κ3) is 4.32. The minimum absolute atomic E-state index is 0.271. The SMILES string of the molecule is COCCCOc1cc2c(cc1C(=O)OC)C=NC(C(C)C)C2. The van der Waals surface area contributed by atoms with Crippen molar-refractivity contribution in [3.63, 3.8) is 0 Å². The van der Waals surface area contributed by atoms with Gasteiger partial charge in [-0.25, -0.2) is 4.79 Å². The summed E-state index contributed by atoms with van der Waals surface area (Å²) in [6, 6.07) is 4.04. The lowest BCUT2D eigenvalue weighted by Gasteiger charge is -2.23. The van der Waals surface area contributed by atoms with Crippen LogP contribution in [0.1, 0.15) is 41.8 Å². The van der Waals surface area contributed by atoms with E-state index in [1.165, 1.54) is 7.11 Å². The van der Waals surface area contributed by atoms with Crippen LogP contribution in [0.2, 0.25) is 0 Å². The molecule has 0 N–H and O–H groups in total. The third-order valence-electron chi connectivity index (χ3n) is 4.00. The van der Waals surface area contributed by atoms with Crippen molar-refractivity contribution in [2.45, 2.75) is 32.7 Å². The molecule has 5 nitrogen and oxygen atoms in total. The highest BCUT2D eigenvalue weighted by molar-refractivity contribution is 5.96. The molecule has 0 saturated carbocycles. The Bertz CT molecular complexity index is 581.